The molecule has 3 aromatic rings. The molecule has 8 heteroatoms. The van der Waals surface area contributed by atoms with Gasteiger partial charge in [-0.1, -0.05) is 23.7 Å². The van der Waals surface area contributed by atoms with Crippen LogP contribution in [0.3, 0.4) is 0 Å². The first-order chi connectivity index (χ1) is 13.8. The van der Waals surface area contributed by atoms with Crippen molar-refractivity contribution in [1.82, 2.24) is 0 Å². The zero-order valence-electron chi connectivity index (χ0n) is 15.2. The zero-order valence-corrected chi connectivity index (χ0v) is 16.8. The van der Waals surface area contributed by atoms with Crippen LogP contribution in [-0.2, 0) is 10.0 Å². The van der Waals surface area contributed by atoms with Gasteiger partial charge in [-0.3, -0.25) is 9.59 Å². The Kier molecular flexibility index (Phi) is 4.64. The first kappa shape index (κ1) is 19.2. The smallest absolute Gasteiger partial charge is 0.273 e. The van der Waals surface area contributed by atoms with Crippen molar-refractivity contribution in [2.75, 3.05) is 9.62 Å². The molecule has 0 aliphatic carbocycles. The van der Waals surface area contributed by atoms with Gasteiger partial charge in [-0.05, 0) is 67.1 Å². The normalized spacial score (nSPS) is 14.6. The number of anilines is 2. The summed E-state index contributed by atoms with van der Waals surface area (Å²) in [4.78, 5) is 25.1. The monoisotopic (exact) mass is 426 g/mol. The molecule has 0 radical (unpaired) electrons. The van der Waals surface area contributed by atoms with Gasteiger partial charge in [0.2, 0.25) is 0 Å². The minimum absolute atomic E-state index is 0.0204. The van der Waals surface area contributed by atoms with Gasteiger partial charge in [-0.15, -0.1) is 0 Å². The summed E-state index contributed by atoms with van der Waals surface area (Å²) >= 11 is 5.85. The molecule has 0 bridgehead atoms. The Hall–Kier alpha value is -3.16. The molecule has 146 valence electrons. The minimum atomic E-state index is -4.14. The lowest BCUT2D eigenvalue weighted by atomic mass is 10.1. The van der Waals surface area contributed by atoms with E-state index in [1.54, 1.807) is 18.2 Å². The molecule has 0 spiro atoms. The van der Waals surface area contributed by atoms with Gasteiger partial charge in [0.1, 0.15) is 4.90 Å². The van der Waals surface area contributed by atoms with E-state index in [4.69, 9.17) is 11.6 Å². The first-order valence-corrected chi connectivity index (χ1v) is 10.5. The van der Waals surface area contributed by atoms with Crippen LogP contribution in [0.2, 0.25) is 5.02 Å². The number of nitrogens with zero attached hydrogens (tertiary/aromatic N) is 1. The third-order valence-electron chi connectivity index (χ3n) is 4.51. The van der Waals surface area contributed by atoms with Crippen molar-refractivity contribution in [3.05, 3.63) is 88.4 Å². The van der Waals surface area contributed by atoms with E-state index in [0.29, 0.717) is 10.7 Å². The number of hydrogen-bond donors (Lipinski definition) is 1. The van der Waals surface area contributed by atoms with Gasteiger partial charge in [-0.2, -0.15) is 4.31 Å². The lowest BCUT2D eigenvalue weighted by Crippen LogP contribution is -2.29. The molecule has 0 unspecified atom stereocenters. The molecule has 1 aliphatic heterocycles. The van der Waals surface area contributed by atoms with Crippen LogP contribution in [0.15, 0.2) is 71.6 Å². The van der Waals surface area contributed by atoms with Gasteiger partial charge in [-0.25, -0.2) is 8.42 Å². The molecular formula is C21H15ClN2O4S. The lowest BCUT2D eigenvalue weighted by molar-refractivity contribution is 0.100. The van der Waals surface area contributed by atoms with Gasteiger partial charge in [0, 0.05) is 16.3 Å². The summed E-state index contributed by atoms with van der Waals surface area (Å²) in [7, 11) is -4.14. The fourth-order valence-corrected chi connectivity index (χ4v) is 4.88. The van der Waals surface area contributed by atoms with Crippen LogP contribution < -0.4 is 9.62 Å². The number of fused-ring (bicyclic) bond motifs is 1. The fourth-order valence-electron chi connectivity index (χ4n) is 3.13. The van der Waals surface area contributed by atoms with E-state index in [2.05, 4.69) is 5.32 Å². The predicted octanol–water partition coefficient (Wildman–Crippen LogP) is 4.25. The van der Waals surface area contributed by atoms with Gasteiger partial charge < -0.3 is 5.32 Å². The highest BCUT2D eigenvalue weighted by atomic mass is 35.5. The molecular weight excluding hydrogens is 412 g/mol. The molecule has 0 atom stereocenters. The average Bonchev–Trinajstić information content (AvgIpc) is 2.88. The van der Waals surface area contributed by atoms with Crippen molar-refractivity contribution in [3.63, 3.8) is 0 Å². The predicted molar refractivity (Wildman–Crippen MR) is 111 cm³/mol. The highest BCUT2D eigenvalue weighted by molar-refractivity contribution is 7.94. The number of hydrogen-bond acceptors (Lipinski definition) is 4. The number of halogens is 1. The second-order valence-electron chi connectivity index (χ2n) is 6.59. The van der Waals surface area contributed by atoms with Crippen LogP contribution in [0, 0.1) is 6.92 Å². The summed E-state index contributed by atoms with van der Waals surface area (Å²) in [6, 6.07) is 17.2. The number of benzene rings is 3. The summed E-state index contributed by atoms with van der Waals surface area (Å²) in [5.74, 6) is -1.14. The second-order valence-corrected chi connectivity index (χ2v) is 8.78. The van der Waals surface area contributed by atoms with E-state index >= 15 is 0 Å². The van der Waals surface area contributed by atoms with Crippen LogP contribution in [0.1, 0.15) is 26.3 Å². The van der Waals surface area contributed by atoms with E-state index in [9.17, 15) is 18.0 Å². The number of amides is 2. The van der Waals surface area contributed by atoms with Crippen molar-refractivity contribution in [1.29, 1.82) is 0 Å². The number of nitrogens with one attached hydrogen (secondary N) is 1. The largest absolute Gasteiger partial charge is 0.322 e. The third kappa shape index (κ3) is 3.39. The SMILES string of the molecule is Cc1cccc(NC(=O)c2ccc3c(c2)S(=O)(=O)N(c2ccc(Cl)cc2)C3=O)c1. The van der Waals surface area contributed by atoms with Gasteiger partial charge >= 0.3 is 0 Å². The van der Waals surface area contributed by atoms with E-state index in [0.717, 1.165) is 9.87 Å². The maximum absolute atomic E-state index is 13.0. The number of aryl methyl sites for hydroxylation is 1. The van der Waals surface area contributed by atoms with E-state index in [1.165, 1.54) is 42.5 Å². The van der Waals surface area contributed by atoms with Gasteiger partial charge in [0.15, 0.2) is 0 Å². The molecule has 0 aromatic heterocycles. The van der Waals surface area contributed by atoms with Crippen molar-refractivity contribution in [2.45, 2.75) is 11.8 Å². The van der Waals surface area contributed by atoms with Crippen molar-refractivity contribution >= 4 is 44.8 Å². The summed E-state index contributed by atoms with van der Waals surface area (Å²) in [6.07, 6.45) is 0. The molecule has 0 fully saturated rings. The molecule has 1 aliphatic rings. The minimum Gasteiger partial charge on any atom is -0.322 e. The number of sulfonamides is 1. The fraction of sp³-hybridized carbons (Fsp3) is 0.0476. The topological polar surface area (TPSA) is 83.6 Å². The van der Waals surface area contributed by atoms with Crippen LogP contribution in [0.4, 0.5) is 11.4 Å². The first-order valence-electron chi connectivity index (χ1n) is 8.65. The van der Waals surface area contributed by atoms with E-state index < -0.39 is 21.8 Å². The molecule has 0 saturated carbocycles. The molecule has 4 rings (SSSR count). The van der Waals surface area contributed by atoms with Gasteiger partial charge in [0.05, 0.1) is 11.3 Å². The number of carbonyl (C=O) groups excluding carboxylic acids is 2. The molecule has 1 N–H and O–H groups in total. The van der Waals surface area contributed by atoms with Crippen molar-refractivity contribution in [3.8, 4) is 0 Å². The Morgan fingerprint density at radius 2 is 1.72 bits per heavy atom. The van der Waals surface area contributed by atoms with Gasteiger partial charge in [0.25, 0.3) is 21.8 Å². The standard InChI is InChI=1S/C21H15ClN2O4S/c1-13-3-2-4-16(11-13)23-20(25)14-5-10-18-19(12-14)29(27,28)24(21(18)26)17-8-6-15(22)7-9-17/h2-12H,1H3,(H,23,25). The molecule has 29 heavy (non-hydrogen) atoms. The average molecular weight is 427 g/mol. The quantitative estimate of drug-likeness (QED) is 0.678. The van der Waals surface area contributed by atoms with E-state index in [-0.39, 0.29) is 21.7 Å². The van der Waals surface area contributed by atoms with Crippen molar-refractivity contribution in [2.24, 2.45) is 0 Å². The molecule has 2 amide bonds. The lowest BCUT2D eigenvalue weighted by Gasteiger charge is -2.14. The number of rotatable bonds is 3. The van der Waals surface area contributed by atoms with Crippen LogP contribution in [0.5, 0.6) is 0 Å². The van der Waals surface area contributed by atoms with Crippen LogP contribution in [0.25, 0.3) is 0 Å². The molecule has 1 heterocycles. The van der Waals surface area contributed by atoms with E-state index in [1.807, 2.05) is 13.0 Å². The van der Waals surface area contributed by atoms with Crippen LogP contribution in [-0.4, -0.2) is 20.2 Å². The Labute approximate surface area is 172 Å². The van der Waals surface area contributed by atoms with Crippen LogP contribution >= 0.6 is 11.6 Å². The molecule has 0 saturated heterocycles. The number of carbonyl (C=O) groups is 2. The molecule has 3 aromatic carbocycles. The summed E-state index contributed by atoms with van der Waals surface area (Å²) in [6.45, 7) is 1.90. The van der Waals surface area contributed by atoms with Crippen molar-refractivity contribution < 1.29 is 18.0 Å². The Bertz CT molecular complexity index is 1250. The zero-order chi connectivity index (χ0) is 20.8. The Morgan fingerprint density at radius 1 is 1.00 bits per heavy atom. The Morgan fingerprint density at radius 3 is 2.41 bits per heavy atom. The maximum Gasteiger partial charge on any atom is 0.273 e. The summed E-state index contributed by atoms with van der Waals surface area (Å²) in [5.41, 5.74) is 1.91. The maximum atomic E-state index is 13.0. The second kappa shape index (κ2) is 7.02. The highest BCUT2D eigenvalue weighted by Gasteiger charge is 2.42. The summed E-state index contributed by atoms with van der Waals surface area (Å²) in [5, 5.41) is 3.15. The third-order valence-corrected chi connectivity index (χ3v) is 6.52. The highest BCUT2D eigenvalue weighted by Crippen LogP contribution is 2.35. The summed E-state index contributed by atoms with van der Waals surface area (Å²) < 4.78 is 26.7. The molecule has 6 nitrogen and oxygen atoms in total. The Balaban J connectivity index is 1.70.